The summed E-state index contributed by atoms with van der Waals surface area (Å²) >= 11 is 0. The summed E-state index contributed by atoms with van der Waals surface area (Å²) in [4.78, 5) is 21.2. The minimum Gasteiger partial charge on any atom is -0.383 e. The molecule has 0 aliphatic carbocycles. The molecule has 6 nitrogen and oxygen atoms in total. The van der Waals surface area contributed by atoms with Gasteiger partial charge in [0, 0.05) is 40.0 Å². The number of imidazole rings is 1. The predicted octanol–water partition coefficient (Wildman–Crippen LogP) is 1.65. The van der Waals surface area contributed by atoms with Crippen molar-refractivity contribution in [2.75, 3.05) is 40.4 Å². The van der Waals surface area contributed by atoms with Crippen LogP contribution in [0.2, 0.25) is 0 Å². The summed E-state index contributed by atoms with van der Waals surface area (Å²) in [6.07, 6.45) is 6.01. The lowest BCUT2D eigenvalue weighted by molar-refractivity contribution is -0.136. The molecule has 1 unspecified atom stereocenters. The van der Waals surface area contributed by atoms with Gasteiger partial charge in [-0.3, -0.25) is 9.69 Å². The third kappa shape index (κ3) is 3.76. The lowest BCUT2D eigenvalue weighted by Gasteiger charge is -2.33. The molecule has 6 heteroatoms. The number of methoxy groups -OCH3 is 1. The van der Waals surface area contributed by atoms with Crippen molar-refractivity contribution in [1.29, 1.82) is 0 Å². The van der Waals surface area contributed by atoms with Crippen molar-refractivity contribution in [2.24, 2.45) is 5.92 Å². The Hall–Kier alpha value is -1.92. The minimum absolute atomic E-state index is 0.0831. The molecule has 1 aliphatic heterocycles. The van der Waals surface area contributed by atoms with Gasteiger partial charge in [-0.1, -0.05) is 6.07 Å². The number of hydrogen-bond acceptors (Lipinski definition) is 4. The Bertz CT molecular complexity index is 684. The molecule has 2 aromatic rings. The number of ether oxygens (including phenoxy) is 1. The number of rotatable bonds is 6. The number of carbonyl (C=O) groups is 1. The molecule has 1 amide bonds. The quantitative estimate of drug-likeness (QED) is 0.808. The van der Waals surface area contributed by atoms with Crippen LogP contribution < -0.4 is 0 Å². The summed E-state index contributed by atoms with van der Waals surface area (Å²) < 4.78 is 7.19. The normalized spacial score (nSPS) is 18.8. The van der Waals surface area contributed by atoms with E-state index in [1.54, 1.807) is 12.0 Å². The summed E-state index contributed by atoms with van der Waals surface area (Å²) in [5.41, 5.74) is 2.14. The van der Waals surface area contributed by atoms with Crippen LogP contribution >= 0.6 is 0 Å². The molecule has 0 N–H and O–H groups in total. The van der Waals surface area contributed by atoms with E-state index in [2.05, 4.69) is 14.3 Å². The van der Waals surface area contributed by atoms with Crippen LogP contribution in [0.15, 0.2) is 30.6 Å². The van der Waals surface area contributed by atoms with E-state index in [1.165, 1.54) is 5.69 Å². The molecule has 130 valence electrons. The van der Waals surface area contributed by atoms with E-state index < -0.39 is 0 Å². The molecule has 24 heavy (non-hydrogen) atoms. The second-order valence-electron chi connectivity index (χ2n) is 6.51. The van der Waals surface area contributed by atoms with Crippen LogP contribution in [-0.4, -0.2) is 65.5 Å². The predicted molar refractivity (Wildman–Crippen MR) is 92.7 cm³/mol. The first-order valence-electron chi connectivity index (χ1n) is 8.56. The molecule has 0 radical (unpaired) electrons. The van der Waals surface area contributed by atoms with Gasteiger partial charge in [0.05, 0.1) is 24.4 Å². The lowest BCUT2D eigenvalue weighted by Crippen LogP contribution is -2.44. The number of likely N-dealkylation sites (tertiary alicyclic amines) is 1. The molecule has 2 aromatic heterocycles. The molecule has 0 spiro atoms. The van der Waals surface area contributed by atoms with Crippen LogP contribution in [0.1, 0.15) is 18.5 Å². The monoisotopic (exact) mass is 330 g/mol. The van der Waals surface area contributed by atoms with Gasteiger partial charge in [-0.25, -0.2) is 4.98 Å². The summed E-state index contributed by atoms with van der Waals surface area (Å²) in [7, 11) is 3.53. The molecule has 0 saturated carbocycles. The highest BCUT2D eigenvalue weighted by Crippen LogP contribution is 2.20. The second kappa shape index (κ2) is 7.77. The molecule has 1 saturated heterocycles. The van der Waals surface area contributed by atoms with E-state index in [4.69, 9.17) is 4.74 Å². The summed E-state index contributed by atoms with van der Waals surface area (Å²) in [6, 6.07) is 6.03. The van der Waals surface area contributed by atoms with E-state index in [9.17, 15) is 4.79 Å². The largest absolute Gasteiger partial charge is 0.383 e. The first kappa shape index (κ1) is 16.9. The molecule has 3 rings (SSSR count). The maximum absolute atomic E-state index is 12.6. The lowest BCUT2D eigenvalue weighted by atomic mass is 9.96. The highest BCUT2D eigenvalue weighted by Gasteiger charge is 2.28. The van der Waals surface area contributed by atoms with Gasteiger partial charge in [-0.2, -0.15) is 0 Å². The Morgan fingerprint density at radius 3 is 3.17 bits per heavy atom. The van der Waals surface area contributed by atoms with Gasteiger partial charge in [-0.15, -0.1) is 0 Å². The number of likely N-dealkylation sites (N-methyl/N-ethyl adjacent to an activating group) is 1. The van der Waals surface area contributed by atoms with Crippen LogP contribution in [0, 0.1) is 5.92 Å². The third-order valence-electron chi connectivity index (χ3n) is 4.74. The number of nitrogens with zero attached hydrogens (tertiary/aromatic N) is 4. The Labute approximate surface area is 143 Å². The van der Waals surface area contributed by atoms with Gasteiger partial charge in [0.1, 0.15) is 5.65 Å². The summed E-state index contributed by atoms with van der Waals surface area (Å²) in [6.45, 7) is 3.91. The Balaban J connectivity index is 1.62. The van der Waals surface area contributed by atoms with Crippen molar-refractivity contribution in [2.45, 2.75) is 19.4 Å². The van der Waals surface area contributed by atoms with Crippen molar-refractivity contribution < 1.29 is 9.53 Å². The van der Waals surface area contributed by atoms with Crippen LogP contribution in [0.5, 0.6) is 0 Å². The van der Waals surface area contributed by atoms with Gasteiger partial charge in [0.2, 0.25) is 5.91 Å². The van der Waals surface area contributed by atoms with E-state index >= 15 is 0 Å². The van der Waals surface area contributed by atoms with Crippen molar-refractivity contribution in [1.82, 2.24) is 19.2 Å². The molecular formula is C18H26N4O2. The number of piperidine rings is 1. The van der Waals surface area contributed by atoms with E-state index in [0.29, 0.717) is 13.2 Å². The average molecular weight is 330 g/mol. The fourth-order valence-corrected chi connectivity index (χ4v) is 3.38. The Kier molecular flexibility index (Phi) is 5.48. The van der Waals surface area contributed by atoms with E-state index in [-0.39, 0.29) is 11.8 Å². The number of hydrogen-bond donors (Lipinski definition) is 0. The zero-order chi connectivity index (χ0) is 16.9. The van der Waals surface area contributed by atoms with Crippen molar-refractivity contribution >= 4 is 11.6 Å². The van der Waals surface area contributed by atoms with Crippen LogP contribution in [-0.2, 0) is 16.1 Å². The topological polar surface area (TPSA) is 50.1 Å². The number of pyridine rings is 1. The molecule has 3 heterocycles. The fraction of sp³-hybridized carbons (Fsp3) is 0.556. The zero-order valence-electron chi connectivity index (χ0n) is 14.5. The maximum atomic E-state index is 12.6. The second-order valence-corrected chi connectivity index (χ2v) is 6.51. The van der Waals surface area contributed by atoms with Crippen LogP contribution in [0.4, 0.5) is 0 Å². The minimum atomic E-state index is 0.0831. The third-order valence-corrected chi connectivity index (χ3v) is 4.74. The van der Waals surface area contributed by atoms with Crippen molar-refractivity contribution in [3.05, 3.63) is 36.3 Å². The summed E-state index contributed by atoms with van der Waals surface area (Å²) in [5.74, 6) is 0.315. The van der Waals surface area contributed by atoms with Gasteiger partial charge >= 0.3 is 0 Å². The molecular weight excluding hydrogens is 304 g/mol. The highest BCUT2D eigenvalue weighted by molar-refractivity contribution is 5.78. The van der Waals surface area contributed by atoms with E-state index in [0.717, 1.165) is 38.1 Å². The van der Waals surface area contributed by atoms with Crippen molar-refractivity contribution in [3.8, 4) is 0 Å². The van der Waals surface area contributed by atoms with Gasteiger partial charge in [0.15, 0.2) is 0 Å². The first-order chi connectivity index (χ1) is 11.7. The molecule has 0 bridgehead atoms. The molecule has 0 aromatic carbocycles. The SMILES string of the molecule is COCCN(C)C(=O)C1CCCN(Cc2cnc3ccccn23)C1. The Morgan fingerprint density at radius 1 is 1.46 bits per heavy atom. The van der Waals surface area contributed by atoms with Crippen LogP contribution in [0.25, 0.3) is 5.65 Å². The molecule has 1 fully saturated rings. The first-order valence-corrected chi connectivity index (χ1v) is 8.56. The molecule has 1 aliphatic rings. The fourth-order valence-electron chi connectivity index (χ4n) is 3.38. The highest BCUT2D eigenvalue weighted by atomic mass is 16.5. The summed E-state index contributed by atoms with van der Waals surface area (Å²) in [5, 5.41) is 0. The van der Waals surface area contributed by atoms with E-state index in [1.807, 2.05) is 37.6 Å². The van der Waals surface area contributed by atoms with Gasteiger partial charge < -0.3 is 14.0 Å². The number of aromatic nitrogens is 2. The molecule has 1 atom stereocenters. The van der Waals surface area contributed by atoms with Gasteiger partial charge in [-0.05, 0) is 31.5 Å². The maximum Gasteiger partial charge on any atom is 0.226 e. The average Bonchev–Trinajstić information content (AvgIpc) is 3.02. The number of amides is 1. The van der Waals surface area contributed by atoms with Crippen LogP contribution in [0.3, 0.4) is 0 Å². The van der Waals surface area contributed by atoms with Gasteiger partial charge in [0.25, 0.3) is 0 Å². The zero-order valence-corrected chi connectivity index (χ0v) is 14.5. The number of carbonyl (C=O) groups excluding carboxylic acids is 1. The standard InChI is InChI=1S/C18H26N4O2/c1-20(10-11-24-2)18(23)15-6-5-8-21(13-15)14-16-12-19-17-7-3-4-9-22(16)17/h3-4,7,9,12,15H,5-6,8,10-11,13-14H2,1-2H3. The smallest absolute Gasteiger partial charge is 0.226 e. The Morgan fingerprint density at radius 2 is 2.33 bits per heavy atom. The number of fused-ring (bicyclic) bond motifs is 1. The van der Waals surface area contributed by atoms with Crippen molar-refractivity contribution in [3.63, 3.8) is 0 Å².